The van der Waals surface area contributed by atoms with Crippen LogP contribution in [0.3, 0.4) is 0 Å². The first-order chi connectivity index (χ1) is 18.4. The van der Waals surface area contributed by atoms with Crippen LogP contribution in [0.2, 0.25) is 5.02 Å². The zero-order valence-corrected chi connectivity index (χ0v) is 22.6. The van der Waals surface area contributed by atoms with Crippen LogP contribution in [0.1, 0.15) is 12.0 Å². The summed E-state index contributed by atoms with van der Waals surface area (Å²) in [5.41, 5.74) is -1.11. The van der Waals surface area contributed by atoms with E-state index in [4.69, 9.17) is 35.3 Å². The normalized spacial score (nSPS) is 11.6. The topological polar surface area (TPSA) is 126 Å². The first-order valence-electron chi connectivity index (χ1n) is 11.2. The van der Waals surface area contributed by atoms with E-state index in [-0.39, 0.29) is 43.6 Å². The van der Waals surface area contributed by atoms with Gasteiger partial charge in [0.05, 0.1) is 18.7 Å². The number of carbonyl (C=O) groups excluding carboxylic acids is 1. The molecular formula is C23H27ClF3N3O8S. The van der Waals surface area contributed by atoms with Crippen molar-refractivity contribution < 1.29 is 50.1 Å². The summed E-state index contributed by atoms with van der Waals surface area (Å²) in [5, 5.41) is -0.482. The average Bonchev–Trinajstić information content (AvgIpc) is 2.87. The van der Waals surface area contributed by atoms with Gasteiger partial charge in [0.1, 0.15) is 11.6 Å². The van der Waals surface area contributed by atoms with E-state index in [1.165, 1.54) is 38.5 Å². The zero-order chi connectivity index (χ0) is 29.1. The second kappa shape index (κ2) is 14.9. The van der Waals surface area contributed by atoms with Gasteiger partial charge in [0.15, 0.2) is 11.5 Å². The van der Waals surface area contributed by atoms with Crippen LogP contribution in [-0.4, -0.2) is 70.9 Å². The van der Waals surface area contributed by atoms with E-state index in [2.05, 4.69) is 16.3 Å². The second-order valence-electron chi connectivity index (χ2n) is 7.47. The van der Waals surface area contributed by atoms with Gasteiger partial charge >= 0.3 is 22.5 Å². The van der Waals surface area contributed by atoms with Crippen molar-refractivity contribution in [3.05, 3.63) is 53.7 Å². The molecule has 0 unspecified atom stereocenters. The molecule has 1 heterocycles. The van der Waals surface area contributed by atoms with Crippen molar-refractivity contribution in [1.29, 1.82) is 0 Å². The third-order valence-electron chi connectivity index (χ3n) is 4.62. The number of aromatic nitrogens is 1. The van der Waals surface area contributed by atoms with Gasteiger partial charge in [0, 0.05) is 33.6 Å². The molecule has 0 fully saturated rings. The van der Waals surface area contributed by atoms with Crippen molar-refractivity contribution in [2.75, 3.05) is 47.1 Å². The Kier molecular flexibility index (Phi) is 12.3. The van der Waals surface area contributed by atoms with Crippen LogP contribution in [0.25, 0.3) is 0 Å². The van der Waals surface area contributed by atoms with Gasteiger partial charge in [-0.05, 0) is 24.6 Å². The van der Waals surface area contributed by atoms with Crippen molar-refractivity contribution in [3.63, 3.8) is 0 Å². The number of benzene rings is 1. The third-order valence-corrected chi connectivity index (χ3v) is 6.34. The maximum Gasteiger partial charge on any atom is 0.430 e. The summed E-state index contributed by atoms with van der Waals surface area (Å²) < 4.78 is 93.5. The molecule has 1 N–H and O–H groups in total. The Morgan fingerprint density at radius 3 is 2.49 bits per heavy atom. The number of halogens is 4. The highest BCUT2D eigenvalue weighted by atomic mass is 35.5. The van der Waals surface area contributed by atoms with E-state index < -0.39 is 45.5 Å². The lowest BCUT2D eigenvalue weighted by Crippen LogP contribution is -2.46. The van der Waals surface area contributed by atoms with Crippen LogP contribution in [0.5, 0.6) is 23.1 Å². The van der Waals surface area contributed by atoms with Crippen molar-refractivity contribution in [3.8, 4) is 23.1 Å². The summed E-state index contributed by atoms with van der Waals surface area (Å²) in [6.07, 6.45) is -4.03. The quantitative estimate of drug-likeness (QED) is 0.234. The molecule has 0 aliphatic rings. The highest BCUT2D eigenvalue weighted by Crippen LogP contribution is 2.42. The largest absolute Gasteiger partial charge is 0.487 e. The molecule has 1 aromatic heterocycles. The fraction of sp³-hybridized carbons (Fsp3) is 0.391. The maximum absolute atomic E-state index is 13.1. The van der Waals surface area contributed by atoms with Crippen LogP contribution in [0.4, 0.5) is 18.0 Å². The van der Waals surface area contributed by atoms with Gasteiger partial charge < -0.3 is 23.7 Å². The summed E-state index contributed by atoms with van der Waals surface area (Å²) in [5.74, 6) is -1.15. The minimum Gasteiger partial charge on any atom is -0.487 e. The van der Waals surface area contributed by atoms with E-state index in [0.717, 1.165) is 0 Å². The molecule has 1 amide bonds. The van der Waals surface area contributed by atoms with Crippen LogP contribution in [0, 0.1) is 0 Å². The molecule has 0 saturated carbocycles. The lowest BCUT2D eigenvalue weighted by molar-refractivity contribution is -0.137. The highest BCUT2D eigenvalue weighted by molar-refractivity contribution is 7.87. The predicted molar refractivity (Wildman–Crippen MR) is 134 cm³/mol. The van der Waals surface area contributed by atoms with E-state index >= 15 is 0 Å². The highest BCUT2D eigenvalue weighted by Gasteiger charge is 2.33. The van der Waals surface area contributed by atoms with Gasteiger partial charge in [0.2, 0.25) is 11.6 Å². The zero-order valence-electron chi connectivity index (χ0n) is 21.0. The first kappa shape index (κ1) is 32.1. The molecule has 2 aromatic rings. The lowest BCUT2D eigenvalue weighted by Gasteiger charge is -2.22. The van der Waals surface area contributed by atoms with E-state index in [1.54, 1.807) is 0 Å². The number of alkyl halides is 3. The van der Waals surface area contributed by atoms with Crippen LogP contribution >= 0.6 is 11.6 Å². The molecule has 16 heteroatoms. The van der Waals surface area contributed by atoms with Gasteiger partial charge in [-0.25, -0.2) is 9.78 Å². The molecule has 0 bridgehead atoms. The summed E-state index contributed by atoms with van der Waals surface area (Å²) >= 11 is 5.95. The van der Waals surface area contributed by atoms with Crippen LogP contribution in [-0.2, 0) is 25.9 Å². The number of pyridine rings is 1. The number of carbonyl (C=O) groups is 1. The molecule has 216 valence electrons. The second-order valence-corrected chi connectivity index (χ2v) is 9.56. The number of ether oxygens (including phenoxy) is 5. The van der Waals surface area contributed by atoms with Gasteiger partial charge in [-0.2, -0.15) is 30.6 Å². The Bertz CT molecular complexity index is 1230. The van der Waals surface area contributed by atoms with Crippen LogP contribution < -0.4 is 18.9 Å². The first-order valence-corrected chi connectivity index (χ1v) is 13.0. The summed E-state index contributed by atoms with van der Waals surface area (Å²) in [4.78, 5) is 16.7. The molecule has 0 saturated heterocycles. The number of methoxy groups -OCH3 is 2. The SMILES string of the molecule is C=CCN(C(=O)Oc1c(OCCOC)cccc1Oc1ncc(C(F)(F)F)cc1Cl)S(=O)(=O)NCCCOC. The van der Waals surface area contributed by atoms with Crippen molar-refractivity contribution >= 4 is 27.9 Å². The van der Waals surface area contributed by atoms with E-state index in [1.807, 2.05) is 0 Å². The van der Waals surface area contributed by atoms with E-state index in [0.29, 0.717) is 23.0 Å². The average molecular weight is 598 g/mol. The number of hydrogen-bond acceptors (Lipinski definition) is 9. The molecule has 39 heavy (non-hydrogen) atoms. The minimum atomic E-state index is -4.69. The molecule has 0 aliphatic heterocycles. The molecule has 2 rings (SSSR count). The lowest BCUT2D eigenvalue weighted by atomic mass is 10.2. The van der Waals surface area contributed by atoms with Gasteiger partial charge in [0.25, 0.3) is 0 Å². The number of nitrogens with one attached hydrogen (secondary N) is 1. The number of nitrogens with zero attached hydrogens (tertiary/aromatic N) is 2. The Hall–Kier alpha value is -3.11. The molecule has 0 radical (unpaired) electrons. The third kappa shape index (κ3) is 9.54. The smallest absolute Gasteiger partial charge is 0.430 e. The van der Waals surface area contributed by atoms with E-state index in [9.17, 15) is 26.4 Å². The number of para-hydroxylation sites is 1. The van der Waals surface area contributed by atoms with Crippen molar-refractivity contribution in [1.82, 2.24) is 14.0 Å². The molecule has 11 nitrogen and oxygen atoms in total. The summed E-state index contributed by atoms with van der Waals surface area (Å²) in [6.45, 7) is 3.41. The van der Waals surface area contributed by atoms with Gasteiger partial charge in [-0.1, -0.05) is 23.7 Å². The number of amides is 1. The minimum absolute atomic E-state index is 0.000481. The predicted octanol–water partition coefficient (Wildman–Crippen LogP) is 4.43. The Labute approximate surface area is 228 Å². The van der Waals surface area contributed by atoms with Crippen LogP contribution in [0.15, 0.2) is 43.1 Å². The molecule has 0 atom stereocenters. The maximum atomic E-state index is 13.1. The Balaban J connectivity index is 2.42. The fourth-order valence-corrected chi connectivity index (χ4v) is 4.10. The van der Waals surface area contributed by atoms with Crippen molar-refractivity contribution in [2.45, 2.75) is 12.6 Å². The van der Waals surface area contributed by atoms with Gasteiger partial charge in [-0.3, -0.25) is 0 Å². The van der Waals surface area contributed by atoms with Gasteiger partial charge in [-0.15, -0.1) is 6.58 Å². The number of rotatable bonds is 15. The molecular weight excluding hydrogens is 571 g/mol. The molecule has 0 spiro atoms. The number of hydrogen-bond donors (Lipinski definition) is 1. The fourth-order valence-electron chi connectivity index (χ4n) is 2.81. The summed E-state index contributed by atoms with van der Waals surface area (Å²) in [7, 11) is -1.49. The molecule has 1 aromatic carbocycles. The summed E-state index contributed by atoms with van der Waals surface area (Å²) in [6, 6.07) is 4.73. The van der Waals surface area contributed by atoms with Crippen molar-refractivity contribution in [2.24, 2.45) is 0 Å². The molecule has 0 aliphatic carbocycles. The monoisotopic (exact) mass is 597 g/mol. The standard InChI is InChI=1S/C23H27ClF3N3O8S/c1-4-10-30(39(32,33)29-9-6-11-34-2)22(31)38-20-18(36-13-12-35-3)7-5-8-19(20)37-21-17(24)14-16(15-28-21)23(25,26)27/h4-5,7-8,14-15,29H,1,6,9-13H2,2-3H3. The Morgan fingerprint density at radius 1 is 1.18 bits per heavy atom. The Morgan fingerprint density at radius 2 is 1.87 bits per heavy atom.